The molecule has 0 radical (unpaired) electrons. The Morgan fingerprint density at radius 1 is 1.40 bits per heavy atom. The first-order chi connectivity index (χ1) is 9.55. The van der Waals surface area contributed by atoms with Crippen molar-refractivity contribution in [1.82, 2.24) is 0 Å². The van der Waals surface area contributed by atoms with Crippen LogP contribution in [0.4, 0.5) is 5.69 Å². The van der Waals surface area contributed by atoms with Gasteiger partial charge in [-0.05, 0) is 56.2 Å². The molecule has 3 heteroatoms. The number of nitrogens with two attached hydrogens (primary N) is 1. The molecule has 3 nitrogen and oxygen atoms in total. The SMILES string of the molecule is CCCC1CCC(Nc2cccc(C)c2)(C(N)=O)CC1. The number of aryl methyl sites for hydroxylation is 1. The van der Waals surface area contributed by atoms with Crippen molar-refractivity contribution in [1.29, 1.82) is 0 Å². The van der Waals surface area contributed by atoms with E-state index in [1.54, 1.807) is 0 Å². The molecule has 0 saturated heterocycles. The maximum atomic E-state index is 12.0. The van der Waals surface area contributed by atoms with Gasteiger partial charge in [0, 0.05) is 5.69 Å². The minimum absolute atomic E-state index is 0.214. The number of rotatable bonds is 5. The molecule has 1 aromatic rings. The zero-order chi connectivity index (χ0) is 14.6. The van der Waals surface area contributed by atoms with E-state index in [4.69, 9.17) is 5.73 Å². The van der Waals surface area contributed by atoms with Crippen molar-refractivity contribution < 1.29 is 4.79 Å². The number of hydrogen-bond donors (Lipinski definition) is 2. The molecule has 1 saturated carbocycles. The molecule has 1 aromatic carbocycles. The summed E-state index contributed by atoms with van der Waals surface area (Å²) in [6.07, 6.45) is 6.37. The first kappa shape index (κ1) is 14.9. The molecule has 110 valence electrons. The van der Waals surface area contributed by atoms with Gasteiger partial charge in [-0.25, -0.2) is 0 Å². The van der Waals surface area contributed by atoms with Crippen molar-refractivity contribution in [3.8, 4) is 0 Å². The van der Waals surface area contributed by atoms with Gasteiger partial charge < -0.3 is 11.1 Å². The van der Waals surface area contributed by atoms with Crippen LogP contribution in [0.2, 0.25) is 0 Å². The number of anilines is 1. The molecule has 0 bridgehead atoms. The lowest BCUT2D eigenvalue weighted by Crippen LogP contribution is -2.52. The van der Waals surface area contributed by atoms with E-state index < -0.39 is 5.54 Å². The van der Waals surface area contributed by atoms with Gasteiger partial charge in [-0.3, -0.25) is 4.79 Å². The fourth-order valence-electron chi connectivity index (χ4n) is 3.30. The van der Waals surface area contributed by atoms with Crippen LogP contribution >= 0.6 is 0 Å². The number of hydrogen-bond acceptors (Lipinski definition) is 2. The van der Waals surface area contributed by atoms with E-state index in [0.717, 1.165) is 37.3 Å². The molecule has 2 rings (SSSR count). The van der Waals surface area contributed by atoms with E-state index in [1.807, 2.05) is 12.1 Å². The Hall–Kier alpha value is -1.51. The van der Waals surface area contributed by atoms with Crippen LogP contribution in [0.5, 0.6) is 0 Å². The summed E-state index contributed by atoms with van der Waals surface area (Å²) in [6, 6.07) is 8.15. The Morgan fingerprint density at radius 3 is 2.65 bits per heavy atom. The van der Waals surface area contributed by atoms with Gasteiger partial charge in [0.1, 0.15) is 5.54 Å². The highest BCUT2D eigenvalue weighted by atomic mass is 16.1. The van der Waals surface area contributed by atoms with Crippen molar-refractivity contribution in [2.45, 2.75) is 57.9 Å². The third kappa shape index (κ3) is 3.33. The van der Waals surface area contributed by atoms with Crippen LogP contribution in [0.15, 0.2) is 24.3 Å². The van der Waals surface area contributed by atoms with Crippen molar-refractivity contribution in [2.24, 2.45) is 11.7 Å². The van der Waals surface area contributed by atoms with E-state index in [-0.39, 0.29) is 5.91 Å². The van der Waals surface area contributed by atoms with Crippen LogP contribution in [-0.2, 0) is 4.79 Å². The average molecular weight is 274 g/mol. The minimum Gasteiger partial charge on any atom is -0.371 e. The molecule has 0 aromatic heterocycles. The van der Waals surface area contributed by atoms with Crippen molar-refractivity contribution >= 4 is 11.6 Å². The highest BCUT2D eigenvalue weighted by Gasteiger charge is 2.40. The Balaban J connectivity index is 2.10. The smallest absolute Gasteiger partial charge is 0.243 e. The molecule has 0 aliphatic heterocycles. The van der Waals surface area contributed by atoms with Gasteiger partial charge in [0.25, 0.3) is 0 Å². The van der Waals surface area contributed by atoms with Crippen LogP contribution in [-0.4, -0.2) is 11.4 Å². The van der Waals surface area contributed by atoms with Crippen LogP contribution in [0.25, 0.3) is 0 Å². The molecule has 1 fully saturated rings. The zero-order valence-corrected chi connectivity index (χ0v) is 12.6. The molecule has 0 unspecified atom stereocenters. The number of primary amides is 1. The Kier molecular flexibility index (Phi) is 4.69. The summed E-state index contributed by atoms with van der Waals surface area (Å²) in [7, 11) is 0. The Morgan fingerprint density at radius 2 is 2.10 bits per heavy atom. The van der Waals surface area contributed by atoms with E-state index in [0.29, 0.717) is 0 Å². The standard InChI is InChI=1S/C17H26N2O/c1-3-5-14-8-10-17(11-9-14,16(18)20)19-15-7-4-6-13(2)12-15/h4,6-7,12,14,19H,3,5,8-11H2,1-2H3,(H2,18,20). The van der Waals surface area contributed by atoms with Crippen molar-refractivity contribution in [3.63, 3.8) is 0 Å². The topological polar surface area (TPSA) is 55.1 Å². The molecule has 0 atom stereocenters. The highest BCUT2D eigenvalue weighted by Crippen LogP contribution is 2.36. The van der Waals surface area contributed by atoms with Crippen LogP contribution in [0, 0.1) is 12.8 Å². The number of nitrogens with one attached hydrogen (secondary N) is 1. The summed E-state index contributed by atoms with van der Waals surface area (Å²) >= 11 is 0. The molecule has 1 aliphatic carbocycles. The van der Waals surface area contributed by atoms with E-state index in [1.165, 1.54) is 18.4 Å². The first-order valence-corrected chi connectivity index (χ1v) is 7.70. The predicted molar refractivity (Wildman–Crippen MR) is 83.6 cm³/mol. The minimum atomic E-state index is -0.558. The molecule has 0 spiro atoms. The average Bonchev–Trinajstić information content (AvgIpc) is 2.41. The number of carbonyl (C=O) groups is 1. The quantitative estimate of drug-likeness (QED) is 0.861. The maximum Gasteiger partial charge on any atom is 0.243 e. The molecular formula is C17H26N2O. The molecule has 20 heavy (non-hydrogen) atoms. The second-order valence-corrected chi connectivity index (χ2v) is 6.17. The monoisotopic (exact) mass is 274 g/mol. The van der Waals surface area contributed by atoms with Gasteiger partial charge in [-0.1, -0.05) is 31.9 Å². The second-order valence-electron chi connectivity index (χ2n) is 6.17. The summed E-state index contributed by atoms with van der Waals surface area (Å²) in [4.78, 5) is 12.0. The lowest BCUT2D eigenvalue weighted by atomic mass is 9.74. The largest absolute Gasteiger partial charge is 0.371 e. The van der Waals surface area contributed by atoms with Gasteiger partial charge in [0.2, 0.25) is 5.91 Å². The van der Waals surface area contributed by atoms with E-state index in [9.17, 15) is 4.79 Å². The maximum absolute atomic E-state index is 12.0. The van der Waals surface area contributed by atoms with Crippen LogP contribution < -0.4 is 11.1 Å². The lowest BCUT2D eigenvalue weighted by molar-refractivity contribution is -0.123. The zero-order valence-electron chi connectivity index (χ0n) is 12.6. The molecule has 0 heterocycles. The van der Waals surface area contributed by atoms with Crippen LogP contribution in [0.1, 0.15) is 51.0 Å². The first-order valence-electron chi connectivity index (χ1n) is 7.70. The molecule has 1 amide bonds. The normalized spacial score (nSPS) is 26.2. The van der Waals surface area contributed by atoms with E-state index in [2.05, 4.69) is 31.3 Å². The Labute approximate surface area is 121 Å². The van der Waals surface area contributed by atoms with Gasteiger partial charge in [-0.2, -0.15) is 0 Å². The third-order valence-corrected chi connectivity index (χ3v) is 4.53. The summed E-state index contributed by atoms with van der Waals surface area (Å²) in [6.45, 7) is 4.28. The number of carbonyl (C=O) groups excluding carboxylic acids is 1. The van der Waals surface area contributed by atoms with Gasteiger partial charge in [-0.15, -0.1) is 0 Å². The van der Waals surface area contributed by atoms with E-state index >= 15 is 0 Å². The third-order valence-electron chi connectivity index (χ3n) is 4.53. The lowest BCUT2D eigenvalue weighted by Gasteiger charge is -2.39. The van der Waals surface area contributed by atoms with Crippen molar-refractivity contribution in [3.05, 3.63) is 29.8 Å². The fraction of sp³-hybridized carbons (Fsp3) is 0.588. The number of amides is 1. The molecular weight excluding hydrogens is 248 g/mol. The van der Waals surface area contributed by atoms with Crippen LogP contribution in [0.3, 0.4) is 0 Å². The van der Waals surface area contributed by atoms with Gasteiger partial charge in [0.15, 0.2) is 0 Å². The second kappa shape index (κ2) is 6.29. The highest BCUT2D eigenvalue weighted by molar-refractivity contribution is 5.88. The molecule has 1 aliphatic rings. The van der Waals surface area contributed by atoms with Crippen molar-refractivity contribution in [2.75, 3.05) is 5.32 Å². The molecule has 3 N–H and O–H groups in total. The summed E-state index contributed by atoms with van der Waals surface area (Å²) in [5.41, 5.74) is 7.34. The van der Waals surface area contributed by atoms with Gasteiger partial charge >= 0.3 is 0 Å². The summed E-state index contributed by atoms with van der Waals surface area (Å²) in [5.74, 6) is 0.542. The summed E-state index contributed by atoms with van der Waals surface area (Å²) in [5, 5.41) is 3.42. The Bertz CT molecular complexity index is 462. The summed E-state index contributed by atoms with van der Waals surface area (Å²) < 4.78 is 0. The number of benzene rings is 1. The fourth-order valence-corrected chi connectivity index (χ4v) is 3.30. The van der Waals surface area contributed by atoms with Gasteiger partial charge in [0.05, 0.1) is 0 Å². The predicted octanol–water partition coefficient (Wildman–Crippen LogP) is 3.62.